The van der Waals surface area contributed by atoms with Gasteiger partial charge in [0.2, 0.25) is 0 Å². The Bertz CT molecular complexity index is 365. The van der Waals surface area contributed by atoms with Gasteiger partial charge in [-0.15, -0.1) is 0 Å². The molecule has 0 atom stereocenters. The molecule has 0 radical (unpaired) electrons. The van der Waals surface area contributed by atoms with Crippen molar-refractivity contribution in [3.8, 4) is 0 Å². The van der Waals surface area contributed by atoms with Crippen molar-refractivity contribution >= 4 is 28.8 Å². The topological polar surface area (TPSA) is 67.2 Å². The molecule has 0 bridgehead atoms. The fourth-order valence-electron chi connectivity index (χ4n) is 0.976. The monoisotopic (exact) mass is 209 g/mol. The van der Waals surface area contributed by atoms with Gasteiger partial charge in [-0.25, -0.2) is 5.84 Å². The average Bonchev–Trinajstić information content (AvgIpc) is 2.16. The molecular weight excluding hydrogens is 198 g/mol. The largest absolute Gasteiger partial charge is 0.320 e. The third kappa shape index (κ3) is 2.79. The van der Waals surface area contributed by atoms with E-state index in [-0.39, 0.29) is 4.99 Å². The maximum Gasteiger partial charge on any atom is 0.284 e. The van der Waals surface area contributed by atoms with Crippen LogP contribution in [0.25, 0.3) is 0 Å². The van der Waals surface area contributed by atoms with Gasteiger partial charge in [0.05, 0.1) is 0 Å². The Morgan fingerprint density at radius 2 is 2.21 bits per heavy atom. The van der Waals surface area contributed by atoms with E-state index in [4.69, 9.17) is 5.84 Å². The van der Waals surface area contributed by atoms with Gasteiger partial charge in [-0.05, 0) is 24.6 Å². The summed E-state index contributed by atoms with van der Waals surface area (Å²) in [4.78, 5) is 11.2. The van der Waals surface area contributed by atoms with Gasteiger partial charge in [0.15, 0.2) is 4.99 Å². The Morgan fingerprint density at radius 1 is 1.50 bits per heavy atom. The first-order valence-corrected chi connectivity index (χ1v) is 4.43. The molecule has 4 N–H and O–H groups in total. The van der Waals surface area contributed by atoms with Gasteiger partial charge >= 0.3 is 0 Å². The van der Waals surface area contributed by atoms with Crippen molar-refractivity contribution in [3.05, 3.63) is 29.8 Å². The number of carbonyl (C=O) groups excluding carboxylic acids is 1. The zero-order valence-corrected chi connectivity index (χ0v) is 8.52. The lowest BCUT2D eigenvalue weighted by Gasteiger charge is -2.05. The summed E-state index contributed by atoms with van der Waals surface area (Å²) in [6.45, 7) is 1.94. The molecule has 1 aromatic carbocycles. The van der Waals surface area contributed by atoms with E-state index in [1.54, 1.807) is 6.07 Å². The smallest absolute Gasteiger partial charge is 0.284 e. The Kier molecular flexibility index (Phi) is 3.55. The summed E-state index contributed by atoms with van der Waals surface area (Å²) in [5, 5.41) is 2.61. The van der Waals surface area contributed by atoms with Crippen molar-refractivity contribution in [1.29, 1.82) is 0 Å². The molecule has 0 unspecified atom stereocenters. The minimum absolute atomic E-state index is 0.0356. The molecular formula is C9H11N3OS. The minimum Gasteiger partial charge on any atom is -0.320 e. The molecule has 0 heterocycles. The minimum atomic E-state index is -0.409. The van der Waals surface area contributed by atoms with Gasteiger partial charge in [0.25, 0.3) is 5.91 Å². The molecule has 14 heavy (non-hydrogen) atoms. The van der Waals surface area contributed by atoms with Crippen LogP contribution in [0, 0.1) is 6.92 Å². The number of hydrogen-bond donors (Lipinski definition) is 3. The van der Waals surface area contributed by atoms with Gasteiger partial charge in [-0.2, -0.15) is 0 Å². The summed E-state index contributed by atoms with van der Waals surface area (Å²) in [5.41, 5.74) is 3.88. The maximum atomic E-state index is 11.3. The second-order valence-corrected chi connectivity index (χ2v) is 3.21. The molecule has 1 amide bonds. The summed E-state index contributed by atoms with van der Waals surface area (Å²) in [7, 11) is 0. The van der Waals surface area contributed by atoms with Gasteiger partial charge in [0.1, 0.15) is 0 Å². The molecule has 0 aliphatic rings. The second kappa shape index (κ2) is 4.69. The van der Waals surface area contributed by atoms with Crippen LogP contribution >= 0.6 is 12.2 Å². The lowest BCUT2D eigenvalue weighted by molar-refractivity contribution is -0.110. The quantitative estimate of drug-likeness (QED) is 0.362. The molecule has 0 fully saturated rings. The van der Waals surface area contributed by atoms with Crippen molar-refractivity contribution in [2.75, 3.05) is 5.32 Å². The first-order chi connectivity index (χ1) is 6.63. The number of carbonyl (C=O) groups is 1. The molecule has 0 saturated carbocycles. The fourth-order valence-corrected chi connectivity index (χ4v) is 1.03. The first-order valence-electron chi connectivity index (χ1n) is 4.02. The van der Waals surface area contributed by atoms with Crippen LogP contribution in [0.2, 0.25) is 0 Å². The van der Waals surface area contributed by atoms with Crippen LogP contribution in [0.3, 0.4) is 0 Å². The summed E-state index contributed by atoms with van der Waals surface area (Å²) < 4.78 is 0. The Labute approximate surface area is 87.5 Å². The first kappa shape index (κ1) is 10.6. The fraction of sp³-hybridized carbons (Fsp3) is 0.111. The molecule has 5 heteroatoms. The van der Waals surface area contributed by atoms with Crippen molar-refractivity contribution in [3.63, 3.8) is 0 Å². The Morgan fingerprint density at radius 3 is 2.79 bits per heavy atom. The molecule has 0 aliphatic heterocycles. The van der Waals surface area contributed by atoms with Gasteiger partial charge in [0, 0.05) is 5.69 Å². The van der Waals surface area contributed by atoms with Crippen LogP contribution in [0.5, 0.6) is 0 Å². The second-order valence-electron chi connectivity index (χ2n) is 2.80. The maximum absolute atomic E-state index is 11.3. The number of amides is 1. The third-order valence-corrected chi connectivity index (χ3v) is 1.92. The van der Waals surface area contributed by atoms with E-state index in [0.29, 0.717) is 5.69 Å². The third-order valence-electron chi connectivity index (χ3n) is 1.61. The van der Waals surface area contributed by atoms with Crippen LogP contribution in [0.15, 0.2) is 24.3 Å². The lowest BCUT2D eigenvalue weighted by atomic mass is 10.2. The highest BCUT2D eigenvalue weighted by atomic mass is 32.1. The van der Waals surface area contributed by atoms with E-state index < -0.39 is 5.91 Å². The zero-order valence-electron chi connectivity index (χ0n) is 7.70. The predicted molar refractivity (Wildman–Crippen MR) is 59.7 cm³/mol. The Balaban J connectivity index is 2.70. The predicted octanol–water partition coefficient (Wildman–Crippen LogP) is 0.724. The molecule has 0 saturated heterocycles. The number of aryl methyl sites for hydroxylation is 1. The highest BCUT2D eigenvalue weighted by molar-refractivity contribution is 7.82. The number of thiocarbonyl (C=S) groups is 1. The number of rotatable bonds is 1. The van der Waals surface area contributed by atoms with Crippen LogP contribution < -0.4 is 16.6 Å². The number of hydrogen-bond acceptors (Lipinski definition) is 3. The normalized spacial score (nSPS) is 9.29. The van der Waals surface area contributed by atoms with E-state index in [0.717, 1.165) is 5.56 Å². The number of hydrazine groups is 1. The SMILES string of the molecule is Cc1cccc(NC(=O)C(=S)NN)c1. The molecule has 74 valence electrons. The lowest BCUT2D eigenvalue weighted by Crippen LogP contribution is -2.38. The summed E-state index contributed by atoms with van der Waals surface area (Å²) >= 11 is 4.66. The average molecular weight is 209 g/mol. The van der Waals surface area contributed by atoms with Crippen LogP contribution in [0.1, 0.15) is 5.56 Å². The van der Waals surface area contributed by atoms with Crippen molar-refractivity contribution in [2.24, 2.45) is 5.84 Å². The van der Waals surface area contributed by atoms with Crippen LogP contribution in [0.4, 0.5) is 5.69 Å². The van der Waals surface area contributed by atoms with Crippen LogP contribution in [-0.4, -0.2) is 10.9 Å². The summed E-state index contributed by atoms with van der Waals surface area (Å²) in [5.74, 6) is 4.60. The highest BCUT2D eigenvalue weighted by Crippen LogP contribution is 2.08. The van der Waals surface area contributed by atoms with Crippen molar-refractivity contribution < 1.29 is 4.79 Å². The summed E-state index contributed by atoms with van der Waals surface area (Å²) in [6.07, 6.45) is 0. The van der Waals surface area contributed by atoms with Gasteiger partial charge in [-0.3, -0.25) is 4.79 Å². The number of nitrogens with two attached hydrogens (primary N) is 1. The van der Waals surface area contributed by atoms with Crippen molar-refractivity contribution in [2.45, 2.75) is 6.92 Å². The van der Waals surface area contributed by atoms with Gasteiger partial charge < -0.3 is 10.7 Å². The van der Waals surface area contributed by atoms with Crippen molar-refractivity contribution in [1.82, 2.24) is 5.43 Å². The number of nitrogens with one attached hydrogen (secondary N) is 2. The molecule has 1 rings (SSSR count). The molecule has 0 spiro atoms. The standard InChI is InChI=1S/C9H11N3OS/c1-6-3-2-4-7(5-6)11-8(13)9(14)12-10/h2-5H,10H2,1H3,(H,11,13)(H,12,14). The molecule has 0 aliphatic carbocycles. The number of benzene rings is 1. The molecule has 0 aromatic heterocycles. The summed E-state index contributed by atoms with van der Waals surface area (Å²) in [6, 6.07) is 7.42. The van der Waals surface area contributed by atoms with E-state index in [1.807, 2.05) is 25.1 Å². The molecule has 1 aromatic rings. The number of anilines is 1. The van der Waals surface area contributed by atoms with Gasteiger partial charge in [-0.1, -0.05) is 24.4 Å². The van der Waals surface area contributed by atoms with E-state index in [2.05, 4.69) is 23.0 Å². The van der Waals surface area contributed by atoms with E-state index in [1.165, 1.54) is 0 Å². The van der Waals surface area contributed by atoms with E-state index >= 15 is 0 Å². The highest BCUT2D eigenvalue weighted by Gasteiger charge is 2.06. The molecule has 4 nitrogen and oxygen atoms in total. The zero-order chi connectivity index (χ0) is 10.6. The van der Waals surface area contributed by atoms with Crippen LogP contribution in [-0.2, 0) is 4.79 Å². The van der Waals surface area contributed by atoms with E-state index in [9.17, 15) is 4.79 Å². The Hall–Kier alpha value is -1.46.